The second-order valence-corrected chi connectivity index (χ2v) is 6.75. The van der Waals surface area contributed by atoms with Crippen LogP contribution in [0.3, 0.4) is 0 Å². The molecule has 2 aromatic heterocycles. The summed E-state index contributed by atoms with van der Waals surface area (Å²) in [5, 5.41) is 21.1. The Morgan fingerprint density at radius 3 is 2.64 bits per heavy atom. The van der Waals surface area contributed by atoms with Gasteiger partial charge in [-0.25, -0.2) is 14.4 Å². The molecule has 0 radical (unpaired) electrons. The molecular weight excluding hydrogens is 383 g/mol. The molecule has 2 heterocycles. The standard InChI is InChI=1S/C18H13FN6O2S/c1-2-24-16(11-3-6-13(7-4-11)25(26)27)22-23-18(24)28-17-14-9-12(19)5-8-15(14)20-10-21-17/h3-10H,2H2,1H3. The first-order chi connectivity index (χ1) is 13.6. The maximum absolute atomic E-state index is 13.7. The molecule has 0 fully saturated rings. The van der Waals surface area contributed by atoms with Crippen molar-refractivity contribution in [3.63, 3.8) is 0 Å². The zero-order chi connectivity index (χ0) is 19.7. The third-order valence-corrected chi connectivity index (χ3v) is 5.12. The van der Waals surface area contributed by atoms with Crippen molar-refractivity contribution in [1.82, 2.24) is 24.7 Å². The third kappa shape index (κ3) is 3.29. The Labute approximate surface area is 162 Å². The Bertz CT molecular complexity index is 1180. The molecule has 140 valence electrons. The molecule has 0 spiro atoms. The first kappa shape index (κ1) is 18.0. The number of nitro benzene ring substituents is 1. The molecule has 0 aliphatic carbocycles. The Kier molecular flexibility index (Phi) is 4.70. The second-order valence-electron chi connectivity index (χ2n) is 5.80. The van der Waals surface area contributed by atoms with Crippen LogP contribution in [0.2, 0.25) is 0 Å². The first-order valence-corrected chi connectivity index (χ1v) is 9.14. The van der Waals surface area contributed by atoms with E-state index in [9.17, 15) is 14.5 Å². The number of nitrogens with zero attached hydrogens (tertiary/aromatic N) is 6. The van der Waals surface area contributed by atoms with E-state index in [4.69, 9.17) is 0 Å². The molecule has 28 heavy (non-hydrogen) atoms. The van der Waals surface area contributed by atoms with Crippen LogP contribution in [-0.4, -0.2) is 29.7 Å². The van der Waals surface area contributed by atoms with Gasteiger partial charge in [-0.15, -0.1) is 10.2 Å². The summed E-state index contributed by atoms with van der Waals surface area (Å²) in [7, 11) is 0. The monoisotopic (exact) mass is 396 g/mol. The largest absolute Gasteiger partial charge is 0.302 e. The van der Waals surface area contributed by atoms with Crippen molar-refractivity contribution in [3.8, 4) is 11.4 Å². The maximum atomic E-state index is 13.7. The minimum atomic E-state index is -0.449. The van der Waals surface area contributed by atoms with Crippen LogP contribution in [0.4, 0.5) is 10.1 Å². The van der Waals surface area contributed by atoms with Crippen LogP contribution in [-0.2, 0) is 6.54 Å². The predicted octanol–water partition coefficient (Wildman–Crippen LogP) is 4.11. The van der Waals surface area contributed by atoms with Crippen molar-refractivity contribution in [2.45, 2.75) is 23.7 Å². The van der Waals surface area contributed by atoms with Crippen LogP contribution in [0.15, 0.2) is 59.0 Å². The van der Waals surface area contributed by atoms with Crippen LogP contribution in [0.5, 0.6) is 0 Å². The number of rotatable bonds is 5. The maximum Gasteiger partial charge on any atom is 0.269 e. The van der Waals surface area contributed by atoms with Crippen LogP contribution < -0.4 is 0 Å². The van der Waals surface area contributed by atoms with Gasteiger partial charge in [-0.3, -0.25) is 10.1 Å². The van der Waals surface area contributed by atoms with E-state index in [1.807, 2.05) is 11.5 Å². The van der Waals surface area contributed by atoms with Crippen molar-refractivity contribution < 1.29 is 9.31 Å². The molecule has 0 unspecified atom stereocenters. The lowest BCUT2D eigenvalue weighted by molar-refractivity contribution is -0.384. The molecule has 0 amide bonds. The van der Waals surface area contributed by atoms with E-state index < -0.39 is 4.92 Å². The molecule has 2 aromatic carbocycles. The van der Waals surface area contributed by atoms with Gasteiger partial charge in [0.25, 0.3) is 5.69 Å². The molecule has 0 atom stereocenters. The number of nitro groups is 1. The predicted molar refractivity (Wildman–Crippen MR) is 101 cm³/mol. The molecule has 0 saturated heterocycles. The summed E-state index contributed by atoms with van der Waals surface area (Å²) in [4.78, 5) is 18.8. The average molecular weight is 396 g/mol. The molecule has 0 N–H and O–H groups in total. The fraction of sp³-hybridized carbons (Fsp3) is 0.111. The van der Waals surface area contributed by atoms with E-state index in [0.717, 1.165) is 0 Å². The van der Waals surface area contributed by atoms with Gasteiger partial charge in [-0.2, -0.15) is 0 Å². The van der Waals surface area contributed by atoms with Crippen molar-refractivity contribution >= 4 is 28.4 Å². The SMILES string of the molecule is CCn1c(Sc2ncnc3ccc(F)cc23)nnc1-c1ccc([N+](=O)[O-])cc1. The summed E-state index contributed by atoms with van der Waals surface area (Å²) in [5.41, 5.74) is 1.36. The minimum absolute atomic E-state index is 0.00962. The van der Waals surface area contributed by atoms with E-state index in [1.165, 1.54) is 42.4 Å². The number of fused-ring (bicyclic) bond motifs is 1. The summed E-state index contributed by atoms with van der Waals surface area (Å²) >= 11 is 1.26. The van der Waals surface area contributed by atoms with Crippen molar-refractivity contribution in [1.29, 1.82) is 0 Å². The lowest BCUT2D eigenvalue weighted by atomic mass is 10.2. The smallest absolute Gasteiger partial charge is 0.269 e. The fourth-order valence-electron chi connectivity index (χ4n) is 2.77. The zero-order valence-corrected chi connectivity index (χ0v) is 15.4. The number of aromatic nitrogens is 5. The van der Waals surface area contributed by atoms with Gasteiger partial charge in [0.2, 0.25) is 0 Å². The highest BCUT2D eigenvalue weighted by atomic mass is 32.2. The summed E-state index contributed by atoms with van der Waals surface area (Å²) in [5.74, 6) is 0.220. The molecular formula is C18H13FN6O2S. The van der Waals surface area contributed by atoms with Gasteiger partial charge in [-0.1, -0.05) is 0 Å². The Balaban J connectivity index is 1.72. The molecule has 0 aliphatic heterocycles. The molecule has 0 bridgehead atoms. The van der Waals surface area contributed by atoms with E-state index in [-0.39, 0.29) is 11.5 Å². The Morgan fingerprint density at radius 2 is 1.93 bits per heavy atom. The molecule has 10 heteroatoms. The normalized spacial score (nSPS) is 11.1. The van der Waals surface area contributed by atoms with Crippen molar-refractivity contribution in [2.24, 2.45) is 0 Å². The van der Waals surface area contributed by atoms with Crippen molar-refractivity contribution in [3.05, 3.63) is 64.7 Å². The Hall–Kier alpha value is -3.40. The van der Waals surface area contributed by atoms with Gasteiger partial charge in [0.15, 0.2) is 11.0 Å². The number of hydrogen-bond acceptors (Lipinski definition) is 7. The van der Waals surface area contributed by atoms with Gasteiger partial charge in [0, 0.05) is 29.6 Å². The number of halogens is 1. The van der Waals surface area contributed by atoms with Gasteiger partial charge >= 0.3 is 0 Å². The minimum Gasteiger partial charge on any atom is -0.302 e. The lowest BCUT2D eigenvalue weighted by Crippen LogP contribution is -2.00. The highest BCUT2D eigenvalue weighted by Crippen LogP contribution is 2.32. The van der Waals surface area contributed by atoms with Gasteiger partial charge in [-0.05, 0) is 49.0 Å². The van der Waals surface area contributed by atoms with Crippen LogP contribution >= 0.6 is 11.8 Å². The lowest BCUT2D eigenvalue weighted by Gasteiger charge is -2.08. The third-order valence-electron chi connectivity index (χ3n) is 4.12. The highest BCUT2D eigenvalue weighted by molar-refractivity contribution is 7.99. The first-order valence-electron chi connectivity index (χ1n) is 8.33. The van der Waals surface area contributed by atoms with E-state index in [0.29, 0.717) is 39.0 Å². The number of benzene rings is 2. The molecule has 0 aliphatic rings. The summed E-state index contributed by atoms with van der Waals surface area (Å²) < 4.78 is 15.5. The quantitative estimate of drug-likeness (QED) is 0.284. The molecule has 0 saturated carbocycles. The summed E-state index contributed by atoms with van der Waals surface area (Å²) in [6.45, 7) is 2.53. The topological polar surface area (TPSA) is 99.6 Å². The second kappa shape index (κ2) is 7.31. The van der Waals surface area contributed by atoms with Crippen LogP contribution in [0.1, 0.15) is 6.92 Å². The number of hydrogen-bond donors (Lipinski definition) is 0. The average Bonchev–Trinajstić information content (AvgIpc) is 3.11. The van der Waals surface area contributed by atoms with E-state index in [2.05, 4.69) is 20.2 Å². The zero-order valence-electron chi connectivity index (χ0n) is 14.6. The van der Waals surface area contributed by atoms with E-state index in [1.54, 1.807) is 18.2 Å². The van der Waals surface area contributed by atoms with Crippen LogP contribution in [0, 0.1) is 15.9 Å². The molecule has 4 rings (SSSR count). The summed E-state index contributed by atoms with van der Waals surface area (Å²) in [6.07, 6.45) is 1.42. The Morgan fingerprint density at radius 1 is 1.14 bits per heavy atom. The van der Waals surface area contributed by atoms with Gasteiger partial charge in [0.1, 0.15) is 17.2 Å². The number of non-ortho nitro benzene ring substituents is 1. The molecule has 4 aromatic rings. The fourth-order valence-corrected chi connectivity index (χ4v) is 3.72. The van der Waals surface area contributed by atoms with Gasteiger partial charge in [0.05, 0.1) is 10.4 Å². The van der Waals surface area contributed by atoms with Crippen molar-refractivity contribution in [2.75, 3.05) is 0 Å². The summed E-state index contributed by atoms with van der Waals surface area (Å²) in [6, 6.07) is 10.5. The van der Waals surface area contributed by atoms with E-state index >= 15 is 0 Å². The van der Waals surface area contributed by atoms with Crippen LogP contribution in [0.25, 0.3) is 22.3 Å². The molecule has 8 nitrogen and oxygen atoms in total. The van der Waals surface area contributed by atoms with Gasteiger partial charge < -0.3 is 4.57 Å². The highest BCUT2D eigenvalue weighted by Gasteiger charge is 2.17.